The van der Waals surface area contributed by atoms with Crippen LogP contribution in [0.1, 0.15) is 12.5 Å². The summed E-state index contributed by atoms with van der Waals surface area (Å²) in [5, 5.41) is 2.93. The number of hydrogen-bond acceptors (Lipinski definition) is 4. The van der Waals surface area contributed by atoms with Gasteiger partial charge < -0.3 is 20.5 Å². The zero-order valence-corrected chi connectivity index (χ0v) is 12.4. The van der Waals surface area contributed by atoms with Gasteiger partial charge in [-0.25, -0.2) is 9.98 Å². The van der Waals surface area contributed by atoms with Crippen LogP contribution in [0.4, 0.5) is 13.2 Å². The molecule has 0 fully saturated rings. The molecule has 0 aliphatic rings. The lowest BCUT2D eigenvalue weighted by Gasteiger charge is -2.13. The second-order valence-corrected chi connectivity index (χ2v) is 4.61. The Bertz CT molecular complexity index is 477. The number of aromatic nitrogens is 1. The molecule has 0 aliphatic heterocycles. The predicted molar refractivity (Wildman–Crippen MR) is 75.6 cm³/mol. The highest BCUT2D eigenvalue weighted by atomic mass is 19.4. The van der Waals surface area contributed by atoms with Crippen molar-refractivity contribution >= 4 is 5.96 Å². The molecule has 1 atom stereocenters. The van der Waals surface area contributed by atoms with Gasteiger partial charge in [0.25, 0.3) is 0 Å². The molecule has 1 aromatic rings. The van der Waals surface area contributed by atoms with E-state index in [-0.39, 0.29) is 24.4 Å². The molecule has 0 aliphatic carbocycles. The fourth-order valence-electron chi connectivity index (χ4n) is 1.51. The fourth-order valence-corrected chi connectivity index (χ4v) is 1.51. The number of nitrogens with one attached hydrogen (secondary N) is 1. The summed E-state index contributed by atoms with van der Waals surface area (Å²) in [6.07, 6.45) is -3.00. The number of pyridine rings is 1. The van der Waals surface area contributed by atoms with Crippen LogP contribution in [0.2, 0.25) is 0 Å². The molecule has 1 unspecified atom stereocenters. The van der Waals surface area contributed by atoms with Gasteiger partial charge in [0.05, 0.1) is 13.2 Å². The number of aliphatic imine (C=N–C) groups is 1. The van der Waals surface area contributed by atoms with Crippen molar-refractivity contribution in [3.63, 3.8) is 0 Å². The first-order valence-corrected chi connectivity index (χ1v) is 6.50. The van der Waals surface area contributed by atoms with Gasteiger partial charge in [-0.15, -0.1) is 0 Å². The first kappa shape index (κ1) is 18.0. The van der Waals surface area contributed by atoms with Gasteiger partial charge in [0.1, 0.15) is 0 Å². The average Bonchev–Trinajstić information content (AvgIpc) is 2.43. The first-order valence-electron chi connectivity index (χ1n) is 6.50. The van der Waals surface area contributed by atoms with Crippen LogP contribution in [0.15, 0.2) is 23.3 Å². The van der Waals surface area contributed by atoms with Crippen LogP contribution >= 0.6 is 0 Å². The van der Waals surface area contributed by atoms with Crippen molar-refractivity contribution < 1.29 is 22.6 Å². The number of methoxy groups -OCH3 is 1. The molecule has 6 nitrogen and oxygen atoms in total. The summed E-state index contributed by atoms with van der Waals surface area (Å²) in [6.45, 7) is 1.26. The van der Waals surface area contributed by atoms with E-state index >= 15 is 0 Å². The van der Waals surface area contributed by atoms with Gasteiger partial charge in [-0.3, -0.25) is 0 Å². The molecule has 9 heteroatoms. The molecule has 0 bridgehead atoms. The van der Waals surface area contributed by atoms with Crippen LogP contribution in [-0.4, -0.2) is 43.5 Å². The molecular weight excluding hydrogens is 301 g/mol. The summed E-state index contributed by atoms with van der Waals surface area (Å²) < 4.78 is 45.4. The van der Waals surface area contributed by atoms with Crippen LogP contribution in [0.5, 0.6) is 5.88 Å². The van der Waals surface area contributed by atoms with Gasteiger partial charge in [0.2, 0.25) is 5.88 Å². The minimum absolute atomic E-state index is 0.0185. The Hall–Kier alpha value is -2.03. The second-order valence-electron chi connectivity index (χ2n) is 4.61. The summed E-state index contributed by atoms with van der Waals surface area (Å²) in [5.74, 6) is 0.159. The molecule has 1 heterocycles. The number of nitrogens with two attached hydrogens (primary N) is 1. The van der Waals surface area contributed by atoms with Crippen molar-refractivity contribution in [1.29, 1.82) is 0 Å². The molecule has 124 valence electrons. The van der Waals surface area contributed by atoms with Crippen LogP contribution in [0.25, 0.3) is 0 Å². The summed E-state index contributed by atoms with van der Waals surface area (Å²) in [7, 11) is 1.58. The van der Waals surface area contributed by atoms with Crippen molar-refractivity contribution in [2.45, 2.75) is 25.7 Å². The van der Waals surface area contributed by atoms with E-state index in [2.05, 4.69) is 20.0 Å². The van der Waals surface area contributed by atoms with E-state index in [9.17, 15) is 13.2 Å². The largest absolute Gasteiger partial charge is 0.468 e. The van der Waals surface area contributed by atoms with Gasteiger partial charge in [-0.05, 0) is 12.5 Å². The van der Waals surface area contributed by atoms with Gasteiger partial charge in [0.15, 0.2) is 12.6 Å². The Balaban J connectivity index is 2.47. The molecule has 0 radical (unpaired) electrons. The quantitative estimate of drug-likeness (QED) is 0.587. The van der Waals surface area contributed by atoms with E-state index in [0.717, 1.165) is 0 Å². The Labute approximate surface area is 126 Å². The maximum atomic E-state index is 12.0. The lowest BCUT2D eigenvalue weighted by molar-refractivity contribution is -0.154. The van der Waals surface area contributed by atoms with Crippen LogP contribution < -0.4 is 15.8 Å². The van der Waals surface area contributed by atoms with Crippen LogP contribution in [-0.2, 0) is 11.3 Å². The third-order valence-corrected chi connectivity index (χ3v) is 2.42. The zero-order valence-electron chi connectivity index (χ0n) is 12.4. The highest BCUT2D eigenvalue weighted by Gasteiger charge is 2.28. The third kappa shape index (κ3) is 7.67. The van der Waals surface area contributed by atoms with Crippen LogP contribution in [0, 0.1) is 0 Å². The number of alkyl halides is 3. The van der Waals surface area contributed by atoms with Crippen molar-refractivity contribution in [3.8, 4) is 5.88 Å². The summed E-state index contributed by atoms with van der Waals surface area (Å²) in [5.41, 5.74) is 6.39. The summed E-state index contributed by atoms with van der Waals surface area (Å²) >= 11 is 0. The number of halogens is 3. The van der Waals surface area contributed by atoms with Gasteiger partial charge >= 0.3 is 6.18 Å². The minimum atomic E-state index is -4.39. The standard InChI is InChI=1S/C13H19F3N4O2/c1-9(7-21-2)20-12(17)19-6-10-3-4-11(18-5-10)22-8-13(14,15)16/h3-5,9H,6-8H2,1-2H3,(H3,17,19,20). The van der Waals surface area contributed by atoms with E-state index in [0.29, 0.717) is 12.2 Å². The number of ether oxygens (including phenoxy) is 2. The molecule has 0 saturated heterocycles. The molecule has 1 aromatic heterocycles. The molecule has 0 amide bonds. The molecule has 0 aromatic carbocycles. The fraction of sp³-hybridized carbons (Fsp3) is 0.538. The van der Waals surface area contributed by atoms with Crippen molar-refractivity contribution in [1.82, 2.24) is 10.3 Å². The molecule has 22 heavy (non-hydrogen) atoms. The number of guanidine groups is 1. The van der Waals surface area contributed by atoms with E-state index in [4.69, 9.17) is 10.5 Å². The number of hydrogen-bond donors (Lipinski definition) is 2. The second kappa shape index (κ2) is 8.42. The SMILES string of the molecule is COCC(C)NC(N)=NCc1ccc(OCC(F)(F)F)nc1. The molecule has 3 N–H and O–H groups in total. The molecular formula is C13H19F3N4O2. The smallest absolute Gasteiger partial charge is 0.422 e. The van der Waals surface area contributed by atoms with E-state index < -0.39 is 12.8 Å². The monoisotopic (exact) mass is 320 g/mol. The summed E-state index contributed by atoms with van der Waals surface area (Å²) in [6, 6.07) is 2.95. The van der Waals surface area contributed by atoms with E-state index in [1.54, 1.807) is 13.2 Å². The van der Waals surface area contributed by atoms with E-state index in [1.807, 2.05) is 6.92 Å². The van der Waals surface area contributed by atoms with E-state index in [1.165, 1.54) is 12.3 Å². The topological polar surface area (TPSA) is 81.8 Å². The lowest BCUT2D eigenvalue weighted by atomic mass is 10.3. The first-order chi connectivity index (χ1) is 10.3. The molecule has 1 rings (SSSR count). The Morgan fingerprint density at radius 3 is 2.73 bits per heavy atom. The average molecular weight is 320 g/mol. The number of rotatable bonds is 7. The highest BCUT2D eigenvalue weighted by molar-refractivity contribution is 5.78. The number of nitrogens with zero attached hydrogens (tertiary/aromatic N) is 2. The minimum Gasteiger partial charge on any atom is -0.468 e. The maximum absolute atomic E-state index is 12.0. The molecule has 0 saturated carbocycles. The molecule has 0 spiro atoms. The van der Waals surface area contributed by atoms with Gasteiger partial charge in [-0.1, -0.05) is 6.07 Å². The Morgan fingerprint density at radius 1 is 1.45 bits per heavy atom. The van der Waals surface area contributed by atoms with Crippen molar-refractivity contribution in [3.05, 3.63) is 23.9 Å². The van der Waals surface area contributed by atoms with Crippen molar-refractivity contribution in [2.75, 3.05) is 20.3 Å². The van der Waals surface area contributed by atoms with Crippen molar-refractivity contribution in [2.24, 2.45) is 10.7 Å². The normalized spacial score (nSPS) is 13.8. The van der Waals surface area contributed by atoms with Gasteiger partial charge in [-0.2, -0.15) is 13.2 Å². The Kier molecular flexibility index (Phi) is 6.90. The Morgan fingerprint density at radius 2 is 2.18 bits per heavy atom. The highest BCUT2D eigenvalue weighted by Crippen LogP contribution is 2.17. The summed E-state index contributed by atoms with van der Waals surface area (Å²) in [4.78, 5) is 7.88. The maximum Gasteiger partial charge on any atom is 0.422 e. The van der Waals surface area contributed by atoms with Crippen LogP contribution in [0.3, 0.4) is 0 Å². The predicted octanol–water partition coefficient (Wildman–Crippen LogP) is 1.46. The third-order valence-electron chi connectivity index (χ3n) is 2.42. The zero-order chi connectivity index (χ0) is 16.6. The van der Waals surface area contributed by atoms with Gasteiger partial charge in [0, 0.05) is 25.4 Å². The lowest BCUT2D eigenvalue weighted by Crippen LogP contribution is -2.40.